The van der Waals surface area contributed by atoms with Gasteiger partial charge in [-0.15, -0.1) is 11.3 Å². The average Bonchev–Trinajstić information content (AvgIpc) is 2.75. The molecule has 0 saturated carbocycles. The molecule has 0 radical (unpaired) electrons. The van der Waals surface area contributed by atoms with Crippen molar-refractivity contribution in [2.24, 2.45) is 0 Å². The molecule has 96 valence electrons. The van der Waals surface area contributed by atoms with Crippen LogP contribution in [0.4, 0.5) is 0 Å². The number of hydrogen-bond acceptors (Lipinski definition) is 4. The molecular formula is C13H21NO2S. The van der Waals surface area contributed by atoms with E-state index in [0.29, 0.717) is 12.6 Å². The highest BCUT2D eigenvalue weighted by atomic mass is 32.1. The number of aryl methyl sites for hydroxylation is 1. The van der Waals surface area contributed by atoms with Gasteiger partial charge in [-0.25, -0.2) is 0 Å². The summed E-state index contributed by atoms with van der Waals surface area (Å²) in [6.07, 6.45) is -0.584. The van der Waals surface area contributed by atoms with Gasteiger partial charge in [-0.3, -0.25) is 4.90 Å². The fourth-order valence-electron chi connectivity index (χ4n) is 2.15. The number of aliphatic hydroxyl groups is 1. The molecule has 1 saturated heterocycles. The van der Waals surface area contributed by atoms with Crippen molar-refractivity contribution in [3.63, 3.8) is 0 Å². The Kier molecular flexibility index (Phi) is 4.20. The van der Waals surface area contributed by atoms with Crippen LogP contribution in [-0.2, 0) is 4.74 Å². The smallest absolute Gasteiger partial charge is 0.115 e. The molecule has 17 heavy (non-hydrogen) atoms. The maximum atomic E-state index is 10.3. The summed E-state index contributed by atoms with van der Waals surface area (Å²) in [6, 6.07) is 4.56. The maximum absolute atomic E-state index is 10.3. The van der Waals surface area contributed by atoms with Crippen LogP contribution in [0.3, 0.4) is 0 Å². The van der Waals surface area contributed by atoms with Gasteiger partial charge in [0.1, 0.15) is 12.2 Å². The fourth-order valence-corrected chi connectivity index (χ4v) is 3.07. The zero-order valence-electron chi connectivity index (χ0n) is 10.7. The Morgan fingerprint density at radius 1 is 1.47 bits per heavy atom. The first-order chi connectivity index (χ1) is 8.08. The van der Waals surface area contributed by atoms with Crippen molar-refractivity contribution < 1.29 is 9.84 Å². The fraction of sp³-hybridized carbons (Fsp3) is 0.692. The Hall–Kier alpha value is -0.420. The van der Waals surface area contributed by atoms with E-state index in [9.17, 15) is 5.11 Å². The van der Waals surface area contributed by atoms with E-state index >= 15 is 0 Å². The van der Waals surface area contributed by atoms with Crippen LogP contribution in [-0.4, -0.2) is 41.8 Å². The van der Waals surface area contributed by atoms with Crippen LogP contribution >= 0.6 is 11.3 Å². The zero-order valence-corrected chi connectivity index (χ0v) is 11.5. The van der Waals surface area contributed by atoms with Crippen molar-refractivity contribution in [1.29, 1.82) is 0 Å². The summed E-state index contributed by atoms with van der Waals surface area (Å²) in [7, 11) is 0. The Morgan fingerprint density at radius 3 is 2.82 bits per heavy atom. The Labute approximate surface area is 107 Å². The van der Waals surface area contributed by atoms with Crippen LogP contribution in [0.25, 0.3) is 0 Å². The molecule has 0 aromatic carbocycles. The largest absolute Gasteiger partial charge is 0.385 e. The highest BCUT2D eigenvalue weighted by Gasteiger charge is 2.29. The molecule has 0 bridgehead atoms. The average molecular weight is 255 g/mol. The molecule has 1 aromatic rings. The van der Waals surface area contributed by atoms with Crippen molar-refractivity contribution in [3.05, 3.63) is 21.9 Å². The molecule has 1 N–H and O–H groups in total. The van der Waals surface area contributed by atoms with Gasteiger partial charge in [0.2, 0.25) is 0 Å². The standard InChI is InChI=1S/C13H21NO2S/c1-9(2)14-6-7-16-11(8-14)13(15)12-5-4-10(3)17-12/h4-5,9,11,13,15H,6-8H2,1-3H3. The van der Waals surface area contributed by atoms with Gasteiger partial charge in [-0.2, -0.15) is 0 Å². The van der Waals surface area contributed by atoms with E-state index < -0.39 is 6.10 Å². The molecule has 1 fully saturated rings. The number of morpholine rings is 1. The van der Waals surface area contributed by atoms with Gasteiger partial charge in [-0.1, -0.05) is 0 Å². The molecule has 2 heterocycles. The van der Waals surface area contributed by atoms with Gasteiger partial charge in [0.25, 0.3) is 0 Å². The quantitative estimate of drug-likeness (QED) is 0.899. The molecule has 0 amide bonds. The van der Waals surface area contributed by atoms with E-state index in [1.54, 1.807) is 11.3 Å². The Bertz CT molecular complexity index is 364. The SMILES string of the molecule is Cc1ccc(C(O)C2CN(C(C)C)CCO2)s1. The number of aliphatic hydroxyl groups excluding tert-OH is 1. The Balaban J connectivity index is 2.02. The first-order valence-electron chi connectivity index (χ1n) is 6.18. The van der Waals surface area contributed by atoms with E-state index in [4.69, 9.17) is 4.74 Å². The third-order valence-electron chi connectivity index (χ3n) is 3.26. The van der Waals surface area contributed by atoms with Gasteiger partial charge in [-0.05, 0) is 32.9 Å². The van der Waals surface area contributed by atoms with E-state index in [1.807, 2.05) is 12.1 Å². The van der Waals surface area contributed by atoms with Crippen LogP contribution in [0.15, 0.2) is 12.1 Å². The summed E-state index contributed by atoms with van der Waals surface area (Å²) in [6.45, 7) is 8.92. The lowest BCUT2D eigenvalue weighted by molar-refractivity contribution is -0.0951. The summed E-state index contributed by atoms with van der Waals surface area (Å²) >= 11 is 1.65. The normalized spacial score (nSPS) is 24.2. The molecule has 2 rings (SSSR count). The van der Waals surface area contributed by atoms with Gasteiger partial charge in [0, 0.05) is 28.9 Å². The lowest BCUT2D eigenvalue weighted by atomic mass is 10.1. The molecular weight excluding hydrogens is 234 g/mol. The predicted octanol–water partition coefficient (Wildman–Crippen LogP) is 2.20. The van der Waals surface area contributed by atoms with Crippen LogP contribution in [0.2, 0.25) is 0 Å². The van der Waals surface area contributed by atoms with Gasteiger partial charge in [0.15, 0.2) is 0 Å². The number of hydrogen-bond donors (Lipinski definition) is 1. The molecule has 1 aromatic heterocycles. The number of ether oxygens (including phenoxy) is 1. The predicted molar refractivity (Wildman–Crippen MR) is 70.5 cm³/mol. The van der Waals surface area contributed by atoms with E-state index in [1.165, 1.54) is 4.88 Å². The summed E-state index contributed by atoms with van der Waals surface area (Å²) in [4.78, 5) is 4.60. The van der Waals surface area contributed by atoms with E-state index in [2.05, 4.69) is 25.7 Å². The zero-order chi connectivity index (χ0) is 12.4. The summed E-state index contributed by atoms with van der Waals surface area (Å²) < 4.78 is 5.70. The first-order valence-corrected chi connectivity index (χ1v) is 6.99. The molecule has 0 spiro atoms. The molecule has 1 aliphatic rings. The van der Waals surface area contributed by atoms with Crippen molar-refractivity contribution in [1.82, 2.24) is 4.90 Å². The van der Waals surface area contributed by atoms with Gasteiger partial charge >= 0.3 is 0 Å². The summed E-state index contributed by atoms with van der Waals surface area (Å²) in [5.41, 5.74) is 0. The third-order valence-corrected chi connectivity index (χ3v) is 4.33. The van der Waals surface area contributed by atoms with Crippen LogP contribution in [0.5, 0.6) is 0 Å². The lowest BCUT2D eigenvalue weighted by Crippen LogP contribution is -2.47. The molecule has 4 heteroatoms. The second-order valence-corrected chi connectivity index (χ2v) is 6.21. The molecule has 0 aliphatic carbocycles. The van der Waals surface area contributed by atoms with Crippen molar-refractivity contribution in [2.45, 2.75) is 39.0 Å². The highest BCUT2D eigenvalue weighted by molar-refractivity contribution is 7.12. The van der Waals surface area contributed by atoms with Crippen LogP contribution < -0.4 is 0 Å². The third kappa shape index (κ3) is 3.07. The molecule has 3 nitrogen and oxygen atoms in total. The monoisotopic (exact) mass is 255 g/mol. The molecule has 2 unspecified atom stereocenters. The van der Waals surface area contributed by atoms with Gasteiger partial charge < -0.3 is 9.84 Å². The van der Waals surface area contributed by atoms with Crippen LogP contribution in [0.1, 0.15) is 29.7 Å². The topological polar surface area (TPSA) is 32.7 Å². The lowest BCUT2D eigenvalue weighted by Gasteiger charge is -2.37. The maximum Gasteiger partial charge on any atom is 0.115 e. The number of rotatable bonds is 3. The number of nitrogens with zero attached hydrogens (tertiary/aromatic N) is 1. The van der Waals surface area contributed by atoms with Crippen molar-refractivity contribution in [3.8, 4) is 0 Å². The van der Waals surface area contributed by atoms with Crippen molar-refractivity contribution >= 4 is 11.3 Å². The number of thiophene rings is 1. The van der Waals surface area contributed by atoms with Crippen molar-refractivity contribution in [2.75, 3.05) is 19.7 Å². The minimum absolute atomic E-state index is 0.0933. The minimum atomic E-state index is -0.491. The van der Waals surface area contributed by atoms with Crippen LogP contribution in [0, 0.1) is 6.92 Å². The summed E-state index contributed by atoms with van der Waals surface area (Å²) in [5.74, 6) is 0. The molecule has 1 aliphatic heterocycles. The highest BCUT2D eigenvalue weighted by Crippen LogP contribution is 2.28. The van der Waals surface area contributed by atoms with E-state index in [0.717, 1.165) is 18.0 Å². The second-order valence-electron chi connectivity index (χ2n) is 4.89. The summed E-state index contributed by atoms with van der Waals surface area (Å²) in [5, 5.41) is 10.3. The first kappa shape index (κ1) is 13.0. The molecule has 2 atom stereocenters. The Morgan fingerprint density at radius 2 is 2.24 bits per heavy atom. The van der Waals surface area contributed by atoms with E-state index in [-0.39, 0.29) is 6.10 Å². The minimum Gasteiger partial charge on any atom is -0.385 e. The van der Waals surface area contributed by atoms with Gasteiger partial charge in [0.05, 0.1) is 6.61 Å². The second kappa shape index (κ2) is 5.48.